The summed E-state index contributed by atoms with van der Waals surface area (Å²) in [7, 11) is 1.50. The van der Waals surface area contributed by atoms with Crippen molar-refractivity contribution >= 4 is 44.7 Å². The van der Waals surface area contributed by atoms with Gasteiger partial charge in [0, 0.05) is 23.4 Å². The number of carbonyl (C=O) groups excluding carboxylic acids is 1. The van der Waals surface area contributed by atoms with Gasteiger partial charge in [0.25, 0.3) is 0 Å². The zero-order chi connectivity index (χ0) is 18.1. The van der Waals surface area contributed by atoms with E-state index in [1.54, 1.807) is 11.3 Å². The van der Waals surface area contributed by atoms with Gasteiger partial charge in [-0.05, 0) is 56.0 Å². The normalized spacial score (nSPS) is 13.0. The Morgan fingerprint density at radius 1 is 1.19 bits per heavy atom. The Bertz CT molecular complexity index is 966. The maximum atomic E-state index is 11.6. The number of rotatable bonds is 5. The molecule has 134 valence electrons. The number of aryl methyl sites for hydroxylation is 3. The van der Waals surface area contributed by atoms with Crippen LogP contribution in [0.5, 0.6) is 0 Å². The number of thiophene rings is 1. The maximum Gasteiger partial charge on any atom is 0.250 e. The number of nitrogens with one attached hydrogen (secondary N) is 2. The van der Waals surface area contributed by atoms with E-state index >= 15 is 0 Å². The van der Waals surface area contributed by atoms with Crippen LogP contribution in [0.1, 0.15) is 22.7 Å². The van der Waals surface area contributed by atoms with Gasteiger partial charge in [-0.15, -0.1) is 11.3 Å². The SMILES string of the molecule is COCC(=O)Nc1ccc(Nc2nc(C)nc3sc4c(c23)CCC4)cc1. The molecule has 0 atom stereocenters. The highest BCUT2D eigenvalue weighted by Gasteiger charge is 2.21. The molecule has 2 aromatic heterocycles. The average molecular weight is 368 g/mol. The summed E-state index contributed by atoms with van der Waals surface area (Å²) in [6.07, 6.45) is 3.45. The summed E-state index contributed by atoms with van der Waals surface area (Å²) in [6, 6.07) is 7.58. The summed E-state index contributed by atoms with van der Waals surface area (Å²) in [5, 5.41) is 7.37. The number of benzene rings is 1. The second kappa shape index (κ2) is 7.01. The van der Waals surface area contributed by atoms with Crippen LogP contribution in [0.3, 0.4) is 0 Å². The van der Waals surface area contributed by atoms with Crippen LogP contribution in [0.15, 0.2) is 24.3 Å². The average Bonchev–Trinajstić information content (AvgIpc) is 3.17. The highest BCUT2D eigenvalue weighted by molar-refractivity contribution is 7.19. The molecule has 2 heterocycles. The summed E-state index contributed by atoms with van der Waals surface area (Å²) < 4.78 is 4.82. The van der Waals surface area contributed by atoms with Gasteiger partial charge in [0.2, 0.25) is 5.91 Å². The summed E-state index contributed by atoms with van der Waals surface area (Å²) in [5.41, 5.74) is 3.06. The van der Waals surface area contributed by atoms with Gasteiger partial charge in [-0.25, -0.2) is 9.97 Å². The number of nitrogens with zero attached hydrogens (tertiary/aromatic N) is 2. The number of hydrogen-bond acceptors (Lipinski definition) is 6. The second-order valence-electron chi connectivity index (χ2n) is 6.34. The molecule has 1 aliphatic rings. The molecule has 4 rings (SSSR count). The molecule has 3 aromatic rings. The zero-order valence-corrected chi connectivity index (χ0v) is 15.6. The third-order valence-corrected chi connectivity index (χ3v) is 5.57. The molecule has 0 radical (unpaired) electrons. The van der Waals surface area contributed by atoms with Crippen LogP contribution < -0.4 is 10.6 Å². The predicted octanol–water partition coefficient (Wildman–Crippen LogP) is 3.82. The smallest absolute Gasteiger partial charge is 0.250 e. The number of amides is 1. The predicted molar refractivity (Wildman–Crippen MR) is 104 cm³/mol. The topological polar surface area (TPSA) is 76.1 Å². The Labute approximate surface area is 155 Å². The molecule has 6 nitrogen and oxygen atoms in total. The monoisotopic (exact) mass is 368 g/mol. The van der Waals surface area contributed by atoms with E-state index in [-0.39, 0.29) is 12.5 Å². The Morgan fingerprint density at radius 2 is 1.96 bits per heavy atom. The quantitative estimate of drug-likeness (QED) is 0.716. The number of aromatic nitrogens is 2. The lowest BCUT2D eigenvalue weighted by Crippen LogP contribution is -2.16. The van der Waals surface area contributed by atoms with Crippen molar-refractivity contribution in [2.75, 3.05) is 24.4 Å². The number of ether oxygens (including phenoxy) is 1. The van der Waals surface area contributed by atoms with Crippen LogP contribution in [0.25, 0.3) is 10.2 Å². The van der Waals surface area contributed by atoms with Crippen LogP contribution in [0.4, 0.5) is 17.2 Å². The van der Waals surface area contributed by atoms with Gasteiger partial charge in [0.15, 0.2) is 0 Å². The van der Waals surface area contributed by atoms with Crippen molar-refractivity contribution in [3.05, 3.63) is 40.5 Å². The molecule has 0 aliphatic heterocycles. The standard InChI is InChI=1S/C19H20N4O2S/c1-11-20-18(17-14-4-3-5-15(14)26-19(17)21-11)23-13-8-6-12(7-9-13)22-16(24)10-25-2/h6-9H,3-5,10H2,1-2H3,(H,22,24)(H,20,21,23). The van der Waals surface area contributed by atoms with E-state index < -0.39 is 0 Å². The van der Waals surface area contributed by atoms with E-state index in [1.165, 1.54) is 24.0 Å². The van der Waals surface area contributed by atoms with E-state index in [4.69, 9.17) is 4.74 Å². The van der Waals surface area contributed by atoms with Crippen LogP contribution in [-0.2, 0) is 22.4 Å². The van der Waals surface area contributed by atoms with Crippen molar-refractivity contribution in [3.8, 4) is 0 Å². The van der Waals surface area contributed by atoms with Crippen molar-refractivity contribution < 1.29 is 9.53 Å². The lowest BCUT2D eigenvalue weighted by molar-refractivity contribution is -0.119. The van der Waals surface area contributed by atoms with E-state index in [0.29, 0.717) is 0 Å². The van der Waals surface area contributed by atoms with Crippen molar-refractivity contribution in [2.45, 2.75) is 26.2 Å². The molecule has 1 aromatic carbocycles. The Kier molecular flexibility index (Phi) is 4.57. The molecule has 0 fully saturated rings. The first kappa shape index (κ1) is 16.9. The van der Waals surface area contributed by atoms with Crippen molar-refractivity contribution in [1.82, 2.24) is 9.97 Å². The van der Waals surface area contributed by atoms with Gasteiger partial charge in [0.05, 0.1) is 5.39 Å². The molecule has 26 heavy (non-hydrogen) atoms. The van der Waals surface area contributed by atoms with Gasteiger partial charge in [0.1, 0.15) is 23.1 Å². The summed E-state index contributed by atoms with van der Waals surface area (Å²) in [6.45, 7) is 1.96. The molecular formula is C19H20N4O2S. The molecule has 0 saturated heterocycles. The minimum Gasteiger partial charge on any atom is -0.375 e. The number of anilines is 3. The fourth-order valence-corrected chi connectivity index (χ4v) is 4.60. The number of methoxy groups -OCH3 is 1. The van der Waals surface area contributed by atoms with Gasteiger partial charge in [-0.2, -0.15) is 0 Å². The Balaban J connectivity index is 1.60. The number of hydrogen-bond donors (Lipinski definition) is 2. The molecule has 7 heteroatoms. The van der Waals surface area contributed by atoms with Gasteiger partial charge < -0.3 is 15.4 Å². The Hall–Kier alpha value is -2.51. The molecule has 2 N–H and O–H groups in total. The zero-order valence-electron chi connectivity index (χ0n) is 14.8. The summed E-state index contributed by atoms with van der Waals surface area (Å²) in [5.74, 6) is 1.46. The van der Waals surface area contributed by atoms with E-state index in [0.717, 1.165) is 46.1 Å². The van der Waals surface area contributed by atoms with E-state index in [2.05, 4.69) is 20.6 Å². The molecule has 0 bridgehead atoms. The third-order valence-electron chi connectivity index (χ3n) is 4.38. The lowest BCUT2D eigenvalue weighted by Gasteiger charge is -2.10. The van der Waals surface area contributed by atoms with E-state index in [9.17, 15) is 4.79 Å². The van der Waals surface area contributed by atoms with Crippen LogP contribution in [0, 0.1) is 6.92 Å². The molecule has 1 aliphatic carbocycles. The number of fused-ring (bicyclic) bond motifs is 3. The fraction of sp³-hybridized carbons (Fsp3) is 0.316. The van der Waals surface area contributed by atoms with Crippen LogP contribution in [0.2, 0.25) is 0 Å². The maximum absolute atomic E-state index is 11.6. The van der Waals surface area contributed by atoms with Crippen molar-refractivity contribution in [2.24, 2.45) is 0 Å². The van der Waals surface area contributed by atoms with Gasteiger partial charge in [-0.3, -0.25) is 4.79 Å². The first-order chi connectivity index (χ1) is 12.6. The third kappa shape index (κ3) is 3.27. The fourth-order valence-electron chi connectivity index (χ4n) is 3.29. The van der Waals surface area contributed by atoms with Gasteiger partial charge in [-0.1, -0.05) is 0 Å². The Morgan fingerprint density at radius 3 is 2.73 bits per heavy atom. The van der Waals surface area contributed by atoms with Crippen molar-refractivity contribution in [1.29, 1.82) is 0 Å². The molecule has 0 spiro atoms. The molecule has 1 amide bonds. The lowest BCUT2D eigenvalue weighted by atomic mass is 10.2. The molecule has 0 unspecified atom stereocenters. The highest BCUT2D eigenvalue weighted by atomic mass is 32.1. The molecular weight excluding hydrogens is 348 g/mol. The summed E-state index contributed by atoms with van der Waals surface area (Å²) in [4.78, 5) is 23.3. The largest absolute Gasteiger partial charge is 0.375 e. The van der Waals surface area contributed by atoms with Crippen LogP contribution in [-0.4, -0.2) is 29.6 Å². The van der Waals surface area contributed by atoms with Crippen LogP contribution >= 0.6 is 11.3 Å². The minimum absolute atomic E-state index is 0.0431. The molecule has 0 saturated carbocycles. The number of carbonyl (C=O) groups is 1. The van der Waals surface area contributed by atoms with E-state index in [1.807, 2.05) is 31.2 Å². The van der Waals surface area contributed by atoms with Crippen molar-refractivity contribution in [3.63, 3.8) is 0 Å². The summed E-state index contributed by atoms with van der Waals surface area (Å²) >= 11 is 1.79. The minimum atomic E-state index is -0.171. The highest BCUT2D eigenvalue weighted by Crippen LogP contribution is 2.40. The van der Waals surface area contributed by atoms with Gasteiger partial charge >= 0.3 is 0 Å². The second-order valence-corrected chi connectivity index (χ2v) is 7.42. The first-order valence-corrected chi connectivity index (χ1v) is 9.40. The first-order valence-electron chi connectivity index (χ1n) is 8.59.